The summed E-state index contributed by atoms with van der Waals surface area (Å²) in [4.78, 5) is 0. The summed E-state index contributed by atoms with van der Waals surface area (Å²) in [5.74, 6) is 0. The third kappa shape index (κ3) is 1.00. The molecule has 6 heteroatoms. The highest BCUT2D eigenvalue weighted by Gasteiger charge is 2.03. The van der Waals surface area contributed by atoms with Crippen molar-refractivity contribution in [2.75, 3.05) is 5.43 Å². The van der Waals surface area contributed by atoms with Gasteiger partial charge in [0.15, 0.2) is 5.48 Å². The van der Waals surface area contributed by atoms with Crippen LogP contribution in [0.15, 0.2) is 10.7 Å². The van der Waals surface area contributed by atoms with Crippen molar-refractivity contribution in [1.29, 1.82) is 0 Å². The lowest BCUT2D eigenvalue weighted by Crippen LogP contribution is -2.36. The van der Waals surface area contributed by atoms with E-state index in [4.69, 9.17) is 5.11 Å². The minimum atomic E-state index is 0.367. The molecule has 62 valence electrons. The molecular formula is C6H5BrN4O. The van der Waals surface area contributed by atoms with E-state index in [1.165, 1.54) is 0 Å². The van der Waals surface area contributed by atoms with E-state index in [2.05, 4.69) is 31.6 Å². The first-order valence-electron chi connectivity index (χ1n) is 3.21. The molecule has 0 aromatic carbocycles. The van der Waals surface area contributed by atoms with Crippen LogP contribution in [0.2, 0.25) is 0 Å². The quantitative estimate of drug-likeness (QED) is 0.568. The molecule has 2 heterocycles. The molecule has 0 radical (unpaired) electrons. The summed E-state index contributed by atoms with van der Waals surface area (Å²) in [5, 5.41) is 16.2. The van der Waals surface area contributed by atoms with E-state index in [9.17, 15) is 0 Å². The number of aromatic nitrogens is 3. The van der Waals surface area contributed by atoms with Crippen molar-refractivity contribution in [3.63, 3.8) is 0 Å². The highest BCUT2D eigenvalue weighted by Crippen LogP contribution is 2.01. The Labute approximate surface area is 75.8 Å². The van der Waals surface area contributed by atoms with Crippen LogP contribution in [0.5, 0.6) is 0 Å². The van der Waals surface area contributed by atoms with Gasteiger partial charge < -0.3 is 5.11 Å². The number of rotatable bonds is 0. The molecule has 0 bridgehead atoms. The van der Waals surface area contributed by atoms with Gasteiger partial charge in [-0.2, -0.15) is 0 Å². The Bertz CT molecular complexity index is 447. The summed E-state index contributed by atoms with van der Waals surface area (Å²) in [7, 11) is 0. The van der Waals surface area contributed by atoms with Gasteiger partial charge in [0.1, 0.15) is 6.26 Å². The maximum atomic E-state index is 8.73. The summed E-state index contributed by atoms with van der Waals surface area (Å²) in [5.41, 5.74) is 3.92. The summed E-state index contributed by atoms with van der Waals surface area (Å²) < 4.78 is 2.35. The van der Waals surface area contributed by atoms with Crippen LogP contribution in [-0.2, 0) is 0 Å². The van der Waals surface area contributed by atoms with Crippen LogP contribution in [0.4, 0.5) is 0 Å². The number of nitrogens with zero attached hydrogens (tertiary/aromatic N) is 3. The third-order valence-corrected chi connectivity index (χ3v) is 1.87. The van der Waals surface area contributed by atoms with Crippen LogP contribution >= 0.6 is 15.9 Å². The standard InChI is InChI=1S/C6H5BrN4O/c7-4-1-2-5-8-9-6(3-12)11(5)10-4/h1-3,10,12H/b6-3+. The van der Waals surface area contributed by atoms with Gasteiger partial charge in [-0.3, -0.25) is 5.43 Å². The zero-order valence-electron chi connectivity index (χ0n) is 5.90. The van der Waals surface area contributed by atoms with Gasteiger partial charge in [0.2, 0.25) is 5.48 Å². The number of halogens is 1. The van der Waals surface area contributed by atoms with Crippen LogP contribution < -0.4 is 16.4 Å². The Morgan fingerprint density at radius 2 is 2.33 bits per heavy atom. The van der Waals surface area contributed by atoms with Crippen LogP contribution in [0.25, 0.3) is 12.3 Å². The van der Waals surface area contributed by atoms with Crippen LogP contribution in [0.1, 0.15) is 0 Å². The predicted molar refractivity (Wildman–Crippen MR) is 47.2 cm³/mol. The van der Waals surface area contributed by atoms with Gasteiger partial charge >= 0.3 is 0 Å². The Morgan fingerprint density at radius 1 is 1.50 bits per heavy atom. The molecule has 0 saturated carbocycles. The van der Waals surface area contributed by atoms with E-state index in [-0.39, 0.29) is 0 Å². The van der Waals surface area contributed by atoms with E-state index >= 15 is 0 Å². The number of nitrogens with one attached hydrogen (secondary N) is 1. The van der Waals surface area contributed by atoms with Crippen molar-refractivity contribution in [2.24, 2.45) is 0 Å². The Hall–Kier alpha value is -1.30. The van der Waals surface area contributed by atoms with E-state index in [1.54, 1.807) is 10.8 Å². The fraction of sp³-hybridized carbons (Fsp3) is 0. The van der Waals surface area contributed by atoms with Gasteiger partial charge in [0.25, 0.3) is 0 Å². The second-order valence-corrected chi connectivity index (χ2v) is 3.03. The largest absolute Gasteiger partial charge is 0.512 e. The van der Waals surface area contributed by atoms with Crippen LogP contribution in [-0.4, -0.2) is 20.0 Å². The minimum Gasteiger partial charge on any atom is -0.512 e. The van der Waals surface area contributed by atoms with Crippen molar-refractivity contribution in [1.82, 2.24) is 14.9 Å². The highest BCUT2D eigenvalue weighted by atomic mass is 79.9. The topological polar surface area (TPSA) is 63.0 Å². The second kappa shape index (κ2) is 2.63. The number of allylic oxidation sites excluding steroid dienone is 1. The van der Waals surface area contributed by atoms with Crippen molar-refractivity contribution < 1.29 is 5.11 Å². The van der Waals surface area contributed by atoms with E-state index in [0.29, 0.717) is 11.0 Å². The molecule has 1 aromatic heterocycles. The Balaban J connectivity index is 2.71. The Morgan fingerprint density at radius 3 is 3.08 bits per heavy atom. The zero-order chi connectivity index (χ0) is 8.55. The SMILES string of the molecule is O/C=c1\nnc2n1NC(Br)=CC=2. The molecule has 2 rings (SSSR count). The minimum absolute atomic E-state index is 0.367. The Kier molecular flexibility index (Phi) is 1.61. The van der Waals surface area contributed by atoms with E-state index < -0.39 is 0 Å². The summed E-state index contributed by atoms with van der Waals surface area (Å²) in [6.07, 6.45) is 4.48. The first-order valence-corrected chi connectivity index (χ1v) is 4.01. The molecule has 0 unspecified atom stereocenters. The summed E-state index contributed by atoms with van der Waals surface area (Å²) in [6, 6.07) is 0. The van der Waals surface area contributed by atoms with Crippen LogP contribution in [0.3, 0.4) is 0 Å². The fourth-order valence-electron chi connectivity index (χ4n) is 0.907. The lowest BCUT2D eigenvalue weighted by atomic mass is 10.5. The molecule has 0 spiro atoms. The number of hydrogen-bond donors (Lipinski definition) is 2. The van der Waals surface area contributed by atoms with Crippen molar-refractivity contribution in [2.45, 2.75) is 0 Å². The molecule has 0 saturated heterocycles. The monoisotopic (exact) mass is 228 g/mol. The van der Waals surface area contributed by atoms with Crippen molar-refractivity contribution in [3.8, 4) is 0 Å². The second-order valence-electron chi connectivity index (χ2n) is 2.17. The number of hydrogen-bond acceptors (Lipinski definition) is 4. The molecule has 0 aliphatic carbocycles. The predicted octanol–water partition coefficient (Wildman–Crippen LogP) is -0.852. The number of aliphatic hydroxyl groups is 1. The summed E-state index contributed by atoms with van der Waals surface area (Å²) >= 11 is 3.25. The van der Waals surface area contributed by atoms with Gasteiger partial charge in [0.05, 0.1) is 4.61 Å². The number of aliphatic hydroxyl groups excluding tert-OH is 1. The average molecular weight is 229 g/mol. The fourth-order valence-corrected chi connectivity index (χ4v) is 1.22. The maximum absolute atomic E-state index is 8.73. The highest BCUT2D eigenvalue weighted by molar-refractivity contribution is 9.11. The van der Waals surface area contributed by atoms with Gasteiger partial charge in [-0.1, -0.05) is 0 Å². The van der Waals surface area contributed by atoms with Gasteiger partial charge in [-0.25, -0.2) is 4.68 Å². The lowest BCUT2D eigenvalue weighted by Gasteiger charge is -2.07. The molecule has 12 heavy (non-hydrogen) atoms. The van der Waals surface area contributed by atoms with Gasteiger partial charge in [-0.05, 0) is 28.1 Å². The lowest BCUT2D eigenvalue weighted by molar-refractivity contribution is 0.532. The third-order valence-electron chi connectivity index (χ3n) is 1.43. The first-order chi connectivity index (χ1) is 5.81. The molecule has 1 aromatic rings. The molecule has 5 nitrogen and oxygen atoms in total. The zero-order valence-corrected chi connectivity index (χ0v) is 7.48. The summed E-state index contributed by atoms with van der Waals surface area (Å²) in [6.45, 7) is 0. The smallest absolute Gasteiger partial charge is 0.210 e. The molecule has 1 aliphatic heterocycles. The first kappa shape index (κ1) is 7.35. The van der Waals surface area contributed by atoms with Gasteiger partial charge in [0, 0.05) is 0 Å². The molecule has 1 aliphatic rings. The van der Waals surface area contributed by atoms with Crippen LogP contribution in [0, 0.1) is 0 Å². The van der Waals surface area contributed by atoms with Crippen molar-refractivity contribution in [3.05, 3.63) is 21.6 Å². The van der Waals surface area contributed by atoms with E-state index in [0.717, 1.165) is 10.9 Å². The molecular weight excluding hydrogens is 224 g/mol. The maximum Gasteiger partial charge on any atom is 0.210 e. The molecule has 0 amide bonds. The van der Waals surface area contributed by atoms with Crippen molar-refractivity contribution >= 4 is 28.3 Å². The normalized spacial score (nSPS) is 16.1. The molecule has 2 N–H and O–H groups in total. The average Bonchev–Trinajstić information content (AvgIpc) is 2.46. The molecule has 0 atom stereocenters. The number of fused-ring (bicyclic) bond motifs is 1. The molecule has 0 fully saturated rings. The van der Waals surface area contributed by atoms with E-state index in [1.807, 2.05) is 6.08 Å². The van der Waals surface area contributed by atoms with Gasteiger partial charge in [-0.15, -0.1) is 10.2 Å².